The van der Waals surface area contributed by atoms with Crippen LogP contribution < -0.4 is 20.3 Å². The van der Waals surface area contributed by atoms with Gasteiger partial charge in [-0.1, -0.05) is 24.3 Å². The van der Waals surface area contributed by atoms with Gasteiger partial charge in [-0.05, 0) is 31.5 Å². The Kier molecular flexibility index (Phi) is 9.64. The highest BCUT2D eigenvalue weighted by Gasteiger charge is 2.22. The van der Waals surface area contributed by atoms with Crippen LogP contribution in [0.1, 0.15) is 25.0 Å². The quantitative estimate of drug-likeness (QED) is 0.343. The Balaban J connectivity index is 0.00000320. The molecule has 2 atom stereocenters. The van der Waals surface area contributed by atoms with Crippen LogP contribution in [0.4, 0.5) is 5.82 Å². The van der Waals surface area contributed by atoms with Crippen molar-refractivity contribution in [1.82, 2.24) is 15.6 Å². The molecule has 0 saturated carbocycles. The molecule has 3 rings (SSSR count). The van der Waals surface area contributed by atoms with Crippen molar-refractivity contribution in [3.63, 3.8) is 0 Å². The van der Waals surface area contributed by atoms with Gasteiger partial charge in [0.25, 0.3) is 0 Å². The minimum absolute atomic E-state index is 0. The number of para-hydroxylation sites is 1. The summed E-state index contributed by atoms with van der Waals surface area (Å²) in [7, 11) is 3.44. The number of guanidine groups is 1. The molecule has 164 valence electrons. The number of ether oxygens (including phenoxy) is 2. The van der Waals surface area contributed by atoms with Crippen molar-refractivity contribution in [2.75, 3.05) is 32.1 Å². The summed E-state index contributed by atoms with van der Waals surface area (Å²) in [4.78, 5) is 11.2. The van der Waals surface area contributed by atoms with Gasteiger partial charge in [-0.15, -0.1) is 24.0 Å². The highest BCUT2D eigenvalue weighted by atomic mass is 127. The lowest BCUT2D eigenvalue weighted by atomic mass is 10.2. The molecule has 1 fully saturated rings. The number of hydrogen-bond acceptors (Lipinski definition) is 5. The number of aromatic nitrogens is 1. The van der Waals surface area contributed by atoms with Crippen LogP contribution in [-0.4, -0.2) is 50.4 Å². The van der Waals surface area contributed by atoms with Gasteiger partial charge in [-0.25, -0.2) is 4.98 Å². The zero-order valence-electron chi connectivity index (χ0n) is 18.1. The molecule has 1 saturated heterocycles. The number of halogens is 1. The minimum Gasteiger partial charge on any atom is -0.496 e. The number of rotatable bonds is 6. The van der Waals surface area contributed by atoms with Gasteiger partial charge in [-0.2, -0.15) is 0 Å². The van der Waals surface area contributed by atoms with Crippen molar-refractivity contribution < 1.29 is 9.47 Å². The van der Waals surface area contributed by atoms with Gasteiger partial charge in [-0.3, -0.25) is 4.99 Å². The molecule has 2 unspecified atom stereocenters. The summed E-state index contributed by atoms with van der Waals surface area (Å²) >= 11 is 0. The maximum atomic E-state index is 5.80. The van der Waals surface area contributed by atoms with E-state index >= 15 is 0 Å². The summed E-state index contributed by atoms with van der Waals surface area (Å²) in [5, 5.41) is 6.65. The number of nitrogens with zero attached hydrogens (tertiary/aromatic N) is 3. The average molecular weight is 525 g/mol. The first kappa shape index (κ1) is 24.2. The van der Waals surface area contributed by atoms with Crippen molar-refractivity contribution in [2.45, 2.75) is 39.1 Å². The van der Waals surface area contributed by atoms with E-state index in [1.807, 2.05) is 30.5 Å². The second-order valence-electron chi connectivity index (χ2n) is 7.28. The zero-order valence-corrected chi connectivity index (χ0v) is 20.4. The normalized spacial score (nSPS) is 19.1. The molecule has 1 aromatic carbocycles. The molecule has 0 aliphatic carbocycles. The topological polar surface area (TPSA) is 71.0 Å². The van der Waals surface area contributed by atoms with Crippen molar-refractivity contribution in [3.05, 3.63) is 53.7 Å². The highest BCUT2D eigenvalue weighted by Crippen LogP contribution is 2.18. The molecule has 1 aromatic heterocycles. The molecule has 1 aliphatic rings. The van der Waals surface area contributed by atoms with Crippen molar-refractivity contribution in [3.8, 4) is 5.75 Å². The Hall–Kier alpha value is -2.07. The Bertz CT molecular complexity index is 805. The summed E-state index contributed by atoms with van der Waals surface area (Å²) < 4.78 is 11.2. The third-order valence-corrected chi connectivity index (χ3v) is 4.88. The zero-order chi connectivity index (χ0) is 20.6. The van der Waals surface area contributed by atoms with Gasteiger partial charge in [0.15, 0.2) is 5.96 Å². The maximum Gasteiger partial charge on any atom is 0.191 e. The molecule has 0 spiro atoms. The van der Waals surface area contributed by atoms with Crippen molar-refractivity contribution >= 4 is 35.8 Å². The van der Waals surface area contributed by atoms with E-state index in [2.05, 4.69) is 51.5 Å². The number of methoxy groups -OCH3 is 1. The molecular weight excluding hydrogens is 493 g/mol. The smallest absolute Gasteiger partial charge is 0.191 e. The lowest BCUT2D eigenvalue weighted by molar-refractivity contribution is -0.00545. The molecule has 2 heterocycles. The molecule has 8 heteroatoms. The van der Waals surface area contributed by atoms with E-state index in [-0.39, 0.29) is 36.2 Å². The van der Waals surface area contributed by atoms with Crippen LogP contribution in [0.25, 0.3) is 0 Å². The fourth-order valence-corrected chi connectivity index (χ4v) is 3.51. The van der Waals surface area contributed by atoms with E-state index < -0.39 is 0 Å². The van der Waals surface area contributed by atoms with E-state index in [0.717, 1.165) is 41.7 Å². The average Bonchev–Trinajstić information content (AvgIpc) is 2.74. The molecule has 2 N–H and O–H groups in total. The van der Waals surface area contributed by atoms with Gasteiger partial charge < -0.3 is 25.0 Å². The number of benzene rings is 1. The summed E-state index contributed by atoms with van der Waals surface area (Å²) in [6, 6.07) is 12.1. The monoisotopic (exact) mass is 525 g/mol. The third-order valence-electron chi connectivity index (χ3n) is 4.88. The van der Waals surface area contributed by atoms with Gasteiger partial charge >= 0.3 is 0 Å². The second kappa shape index (κ2) is 11.9. The van der Waals surface area contributed by atoms with Gasteiger partial charge in [0, 0.05) is 45.0 Å². The Morgan fingerprint density at radius 1 is 1.13 bits per heavy atom. The molecule has 1 aliphatic heterocycles. The molecular formula is C22H32IN5O2. The fourth-order valence-electron chi connectivity index (χ4n) is 3.51. The Morgan fingerprint density at radius 3 is 2.47 bits per heavy atom. The van der Waals surface area contributed by atoms with E-state index in [4.69, 9.17) is 9.47 Å². The lowest BCUT2D eigenvalue weighted by Crippen LogP contribution is -2.45. The Labute approximate surface area is 196 Å². The first-order valence-electron chi connectivity index (χ1n) is 10.0. The summed E-state index contributed by atoms with van der Waals surface area (Å²) in [6.07, 6.45) is 2.36. The largest absolute Gasteiger partial charge is 0.496 e. The standard InChI is InChI=1S/C22H31N5O2.HI/c1-16-14-27(15-17(2)29-16)21-10-9-18(11-24-21)12-25-22(23-3)26-13-19-7-5-6-8-20(19)28-4;/h5-11,16-17H,12-15H2,1-4H3,(H2,23,25,26);1H. The third kappa shape index (κ3) is 6.73. The molecule has 7 nitrogen and oxygen atoms in total. The number of hydrogen-bond donors (Lipinski definition) is 2. The predicted octanol–water partition coefficient (Wildman–Crippen LogP) is 3.19. The molecule has 0 bridgehead atoms. The number of pyridine rings is 1. The van der Waals surface area contributed by atoms with Crippen LogP contribution in [0.3, 0.4) is 0 Å². The van der Waals surface area contributed by atoms with Crippen LogP contribution in [-0.2, 0) is 17.8 Å². The second-order valence-corrected chi connectivity index (χ2v) is 7.28. The number of anilines is 1. The SMILES string of the molecule is CN=C(NCc1ccc(N2CC(C)OC(C)C2)nc1)NCc1ccccc1OC.I. The van der Waals surface area contributed by atoms with Crippen molar-refractivity contribution in [2.24, 2.45) is 4.99 Å². The number of aliphatic imine (C=N–C) groups is 1. The van der Waals surface area contributed by atoms with Crippen LogP contribution in [0.5, 0.6) is 5.75 Å². The maximum absolute atomic E-state index is 5.80. The fraction of sp³-hybridized carbons (Fsp3) is 0.455. The van der Waals surface area contributed by atoms with E-state index in [0.29, 0.717) is 13.1 Å². The van der Waals surface area contributed by atoms with E-state index in [1.165, 1.54) is 0 Å². The molecule has 0 amide bonds. The lowest BCUT2D eigenvalue weighted by Gasteiger charge is -2.36. The highest BCUT2D eigenvalue weighted by molar-refractivity contribution is 14.0. The summed E-state index contributed by atoms with van der Waals surface area (Å²) in [5.41, 5.74) is 2.18. The van der Waals surface area contributed by atoms with E-state index in [1.54, 1.807) is 14.2 Å². The Morgan fingerprint density at radius 2 is 1.83 bits per heavy atom. The van der Waals surface area contributed by atoms with Crippen LogP contribution >= 0.6 is 24.0 Å². The van der Waals surface area contributed by atoms with Crippen LogP contribution in [0.15, 0.2) is 47.6 Å². The van der Waals surface area contributed by atoms with Gasteiger partial charge in [0.1, 0.15) is 11.6 Å². The molecule has 2 aromatic rings. The van der Waals surface area contributed by atoms with Crippen LogP contribution in [0.2, 0.25) is 0 Å². The number of nitrogens with one attached hydrogen (secondary N) is 2. The molecule has 30 heavy (non-hydrogen) atoms. The van der Waals surface area contributed by atoms with Crippen molar-refractivity contribution in [1.29, 1.82) is 0 Å². The minimum atomic E-state index is 0. The molecule has 0 radical (unpaired) electrons. The number of morpholine rings is 1. The van der Waals surface area contributed by atoms with Crippen LogP contribution in [0, 0.1) is 0 Å². The summed E-state index contributed by atoms with van der Waals surface area (Å²) in [5.74, 6) is 2.59. The first-order chi connectivity index (χ1) is 14.1. The summed E-state index contributed by atoms with van der Waals surface area (Å²) in [6.45, 7) is 7.22. The van der Waals surface area contributed by atoms with Gasteiger partial charge in [0.05, 0.1) is 19.3 Å². The van der Waals surface area contributed by atoms with Gasteiger partial charge in [0.2, 0.25) is 0 Å². The predicted molar refractivity (Wildman–Crippen MR) is 132 cm³/mol. The first-order valence-corrected chi connectivity index (χ1v) is 10.0. The van der Waals surface area contributed by atoms with E-state index in [9.17, 15) is 0 Å².